The van der Waals surface area contributed by atoms with E-state index in [4.69, 9.17) is 0 Å². The van der Waals surface area contributed by atoms with Gasteiger partial charge in [0, 0.05) is 12.4 Å². The zero-order valence-electron chi connectivity index (χ0n) is 9.52. The van der Waals surface area contributed by atoms with Gasteiger partial charge in [-0.2, -0.15) is 4.39 Å². The zero-order chi connectivity index (χ0) is 12.1. The number of anilines is 1. The van der Waals surface area contributed by atoms with E-state index in [0.717, 1.165) is 12.0 Å². The van der Waals surface area contributed by atoms with Gasteiger partial charge in [0.2, 0.25) is 11.9 Å². The van der Waals surface area contributed by atoms with Crippen LogP contribution in [0, 0.1) is 5.95 Å². The van der Waals surface area contributed by atoms with Gasteiger partial charge < -0.3 is 5.32 Å². The Hall–Kier alpha value is -2.04. The van der Waals surface area contributed by atoms with Gasteiger partial charge in [0.15, 0.2) is 0 Å². The van der Waals surface area contributed by atoms with Crippen LogP contribution in [0.15, 0.2) is 30.6 Å². The lowest BCUT2D eigenvalue weighted by Gasteiger charge is -2.04. The van der Waals surface area contributed by atoms with E-state index in [1.165, 1.54) is 6.07 Å². The lowest BCUT2D eigenvalue weighted by Crippen LogP contribution is -2.05. The predicted octanol–water partition coefficient (Wildman–Crippen LogP) is 2.19. The third-order valence-electron chi connectivity index (χ3n) is 2.31. The topological polar surface area (TPSA) is 50.7 Å². The van der Waals surface area contributed by atoms with Crippen LogP contribution in [0.2, 0.25) is 0 Å². The Balaban J connectivity index is 1.97. The Bertz CT molecular complexity index is 484. The Morgan fingerprint density at radius 3 is 2.65 bits per heavy atom. The number of nitrogens with one attached hydrogen (secondary N) is 1. The summed E-state index contributed by atoms with van der Waals surface area (Å²) in [4.78, 5) is 12.0. The normalized spacial score (nSPS) is 10.2. The molecule has 0 atom stereocenters. The summed E-state index contributed by atoms with van der Waals surface area (Å²) in [6, 6.07) is 4.69. The molecule has 0 amide bonds. The molecule has 0 aliphatic carbocycles. The first-order valence-electron chi connectivity index (χ1n) is 5.44. The van der Waals surface area contributed by atoms with Gasteiger partial charge in [0.1, 0.15) is 0 Å². The largest absolute Gasteiger partial charge is 0.349 e. The average molecular weight is 232 g/mol. The van der Waals surface area contributed by atoms with E-state index in [-0.39, 0.29) is 0 Å². The summed E-state index contributed by atoms with van der Waals surface area (Å²) in [5.74, 6) is 0.0415. The van der Waals surface area contributed by atoms with Crippen molar-refractivity contribution < 1.29 is 4.39 Å². The second-order valence-corrected chi connectivity index (χ2v) is 3.57. The van der Waals surface area contributed by atoms with Crippen LogP contribution in [0.25, 0.3) is 0 Å². The molecule has 0 fully saturated rings. The minimum Gasteiger partial charge on any atom is -0.349 e. The molecule has 0 aromatic carbocycles. The Labute approximate surface area is 99.0 Å². The van der Waals surface area contributed by atoms with Gasteiger partial charge in [-0.05, 0) is 24.1 Å². The van der Waals surface area contributed by atoms with Gasteiger partial charge in [-0.15, -0.1) is 0 Å². The molecule has 5 heteroatoms. The van der Waals surface area contributed by atoms with Crippen LogP contribution >= 0.6 is 0 Å². The molecule has 0 aliphatic rings. The first-order chi connectivity index (χ1) is 8.28. The van der Waals surface area contributed by atoms with Gasteiger partial charge in [-0.25, -0.2) is 15.0 Å². The van der Waals surface area contributed by atoms with Crippen molar-refractivity contribution in [3.05, 3.63) is 47.8 Å². The quantitative estimate of drug-likeness (QED) is 0.821. The van der Waals surface area contributed by atoms with Crippen LogP contribution in [0.3, 0.4) is 0 Å². The first kappa shape index (κ1) is 11.4. The minimum atomic E-state index is -0.480. The van der Waals surface area contributed by atoms with Crippen LogP contribution in [0.1, 0.15) is 18.2 Å². The average Bonchev–Trinajstić information content (AvgIpc) is 2.37. The third kappa shape index (κ3) is 3.21. The number of aryl methyl sites for hydroxylation is 1. The smallest absolute Gasteiger partial charge is 0.222 e. The highest BCUT2D eigenvalue weighted by molar-refractivity contribution is 5.26. The van der Waals surface area contributed by atoms with E-state index in [0.29, 0.717) is 18.2 Å². The molecule has 2 aromatic rings. The van der Waals surface area contributed by atoms with Crippen LogP contribution in [-0.2, 0) is 13.0 Å². The molecule has 2 aromatic heterocycles. The van der Waals surface area contributed by atoms with Gasteiger partial charge >= 0.3 is 0 Å². The highest BCUT2D eigenvalue weighted by Gasteiger charge is 1.99. The summed E-state index contributed by atoms with van der Waals surface area (Å²) in [7, 11) is 0. The summed E-state index contributed by atoms with van der Waals surface area (Å²) in [5.41, 5.74) is 1.70. The molecule has 0 saturated heterocycles. The number of rotatable bonds is 4. The van der Waals surface area contributed by atoms with Crippen molar-refractivity contribution in [3.8, 4) is 0 Å². The maximum absolute atomic E-state index is 12.8. The molecule has 2 heterocycles. The molecule has 0 radical (unpaired) electrons. The van der Waals surface area contributed by atoms with Crippen molar-refractivity contribution in [2.24, 2.45) is 0 Å². The summed E-state index contributed by atoms with van der Waals surface area (Å²) >= 11 is 0. The zero-order valence-corrected chi connectivity index (χ0v) is 9.52. The minimum absolute atomic E-state index is 0.406. The first-order valence-corrected chi connectivity index (χ1v) is 5.44. The second kappa shape index (κ2) is 5.34. The number of hydrogen-bond donors (Lipinski definition) is 1. The third-order valence-corrected chi connectivity index (χ3v) is 2.31. The summed E-state index contributed by atoms with van der Waals surface area (Å²) < 4.78 is 12.8. The SMILES string of the molecule is CCc1cnc(NCc2cccc(F)n2)nc1. The van der Waals surface area contributed by atoms with E-state index in [1.807, 2.05) is 6.92 Å². The molecule has 0 spiro atoms. The molecule has 17 heavy (non-hydrogen) atoms. The summed E-state index contributed by atoms with van der Waals surface area (Å²) in [6.07, 6.45) is 4.45. The molecular formula is C12H13FN4. The maximum Gasteiger partial charge on any atom is 0.222 e. The van der Waals surface area contributed by atoms with E-state index >= 15 is 0 Å². The van der Waals surface area contributed by atoms with E-state index in [2.05, 4.69) is 20.3 Å². The van der Waals surface area contributed by atoms with Crippen LogP contribution in [0.5, 0.6) is 0 Å². The fourth-order valence-corrected chi connectivity index (χ4v) is 1.35. The van der Waals surface area contributed by atoms with E-state index in [9.17, 15) is 4.39 Å². The monoisotopic (exact) mass is 232 g/mol. The second-order valence-electron chi connectivity index (χ2n) is 3.57. The van der Waals surface area contributed by atoms with Gasteiger partial charge in [0.05, 0.1) is 12.2 Å². The fraction of sp³-hybridized carbons (Fsp3) is 0.250. The molecular weight excluding hydrogens is 219 g/mol. The van der Waals surface area contributed by atoms with Crippen molar-refractivity contribution in [1.82, 2.24) is 15.0 Å². The number of hydrogen-bond acceptors (Lipinski definition) is 4. The highest BCUT2D eigenvalue weighted by atomic mass is 19.1. The van der Waals surface area contributed by atoms with Crippen molar-refractivity contribution in [2.45, 2.75) is 19.9 Å². The molecule has 1 N–H and O–H groups in total. The molecule has 2 rings (SSSR count). The van der Waals surface area contributed by atoms with Crippen molar-refractivity contribution in [1.29, 1.82) is 0 Å². The van der Waals surface area contributed by atoms with Gasteiger partial charge in [-0.1, -0.05) is 13.0 Å². The van der Waals surface area contributed by atoms with Gasteiger partial charge in [0.25, 0.3) is 0 Å². The van der Waals surface area contributed by atoms with Crippen LogP contribution in [-0.4, -0.2) is 15.0 Å². The molecule has 0 aliphatic heterocycles. The van der Waals surface area contributed by atoms with Crippen molar-refractivity contribution >= 4 is 5.95 Å². The summed E-state index contributed by atoms with van der Waals surface area (Å²) in [5, 5.41) is 2.99. The highest BCUT2D eigenvalue weighted by Crippen LogP contribution is 2.03. The summed E-state index contributed by atoms with van der Waals surface area (Å²) in [6.45, 7) is 2.45. The number of aromatic nitrogens is 3. The number of halogens is 1. The predicted molar refractivity (Wildman–Crippen MR) is 62.9 cm³/mol. The van der Waals surface area contributed by atoms with Gasteiger partial charge in [-0.3, -0.25) is 0 Å². The van der Waals surface area contributed by atoms with Crippen molar-refractivity contribution in [3.63, 3.8) is 0 Å². The maximum atomic E-state index is 12.8. The Kier molecular flexibility index (Phi) is 3.59. The Morgan fingerprint density at radius 2 is 2.00 bits per heavy atom. The number of nitrogens with zero attached hydrogens (tertiary/aromatic N) is 3. The van der Waals surface area contributed by atoms with E-state index < -0.39 is 5.95 Å². The van der Waals surface area contributed by atoms with Crippen molar-refractivity contribution in [2.75, 3.05) is 5.32 Å². The molecule has 0 bridgehead atoms. The standard InChI is InChI=1S/C12H13FN4/c1-2-9-6-14-12(15-7-9)16-8-10-4-3-5-11(13)17-10/h3-7H,2,8H2,1H3,(H,14,15,16). The van der Waals surface area contributed by atoms with E-state index in [1.54, 1.807) is 24.5 Å². The molecule has 4 nitrogen and oxygen atoms in total. The molecule has 0 unspecified atom stereocenters. The lowest BCUT2D eigenvalue weighted by atomic mass is 10.3. The molecule has 0 saturated carbocycles. The fourth-order valence-electron chi connectivity index (χ4n) is 1.35. The number of pyridine rings is 1. The van der Waals surface area contributed by atoms with Crippen LogP contribution in [0.4, 0.5) is 10.3 Å². The molecule has 88 valence electrons. The van der Waals surface area contributed by atoms with Crippen LogP contribution < -0.4 is 5.32 Å². The lowest BCUT2D eigenvalue weighted by molar-refractivity contribution is 0.577. The Morgan fingerprint density at radius 1 is 1.24 bits per heavy atom.